The molecule has 9 nitrogen and oxygen atoms in total. The van der Waals surface area contributed by atoms with Crippen LogP contribution in [0.1, 0.15) is 95.6 Å². The van der Waals surface area contributed by atoms with Crippen molar-refractivity contribution in [3.63, 3.8) is 0 Å². The molecule has 1 N–H and O–H groups in total. The van der Waals surface area contributed by atoms with Crippen molar-refractivity contribution in [1.82, 2.24) is 0 Å². The highest BCUT2D eigenvalue weighted by Crippen LogP contribution is 2.68. The van der Waals surface area contributed by atoms with E-state index in [4.69, 9.17) is 23.7 Å². The SMILES string of the molecule is COC(=O)/C(C)=C\C[C@@]12OC(C)(C)[C@@H]3C[C@H](C=C4C(=O)c5c(OC)c6c(c(CC=C(C)C)c5O[C@]431)O[C@](C)(CC/C=C(\C)CO)C=C6)C2=O. The molecule has 5 atom stereocenters. The fraction of sp³-hybridized carbons (Fsp3) is 0.525. The summed E-state index contributed by atoms with van der Waals surface area (Å²) >= 11 is 0. The van der Waals surface area contributed by atoms with Crippen molar-refractivity contribution in [1.29, 1.82) is 0 Å². The minimum atomic E-state index is -1.56. The molecule has 4 bridgehead atoms. The van der Waals surface area contributed by atoms with E-state index in [-0.39, 0.29) is 30.5 Å². The predicted molar refractivity (Wildman–Crippen MR) is 185 cm³/mol. The Morgan fingerprint density at radius 2 is 1.78 bits per heavy atom. The maximum absolute atomic E-state index is 15.0. The molecule has 0 amide bonds. The first kappa shape index (κ1) is 34.9. The average molecular weight is 673 g/mol. The van der Waals surface area contributed by atoms with Gasteiger partial charge in [-0.3, -0.25) is 9.59 Å². The predicted octanol–water partition coefficient (Wildman–Crippen LogP) is 6.60. The summed E-state index contributed by atoms with van der Waals surface area (Å²) in [5.41, 5.74) is -0.152. The Kier molecular flexibility index (Phi) is 8.64. The van der Waals surface area contributed by atoms with Crippen molar-refractivity contribution in [3.05, 3.63) is 69.4 Å². The molecule has 6 aliphatic rings. The number of hydrogen-bond acceptors (Lipinski definition) is 9. The first-order valence-electron chi connectivity index (χ1n) is 17.1. The minimum absolute atomic E-state index is 0.000285. The van der Waals surface area contributed by atoms with Gasteiger partial charge in [-0.05, 0) is 86.3 Å². The number of Topliss-reactive ketones (excluding diaryl/α,β-unsaturated/α-hetero) is 2. The number of methoxy groups -OCH3 is 2. The molecule has 0 unspecified atom stereocenters. The van der Waals surface area contributed by atoms with Gasteiger partial charge in [0, 0.05) is 35.0 Å². The van der Waals surface area contributed by atoms with Crippen molar-refractivity contribution in [2.45, 2.75) is 103 Å². The Morgan fingerprint density at radius 1 is 1.04 bits per heavy atom. The Bertz CT molecular complexity index is 1780. The Labute approximate surface area is 288 Å². The smallest absolute Gasteiger partial charge is 0.333 e. The van der Waals surface area contributed by atoms with E-state index in [1.165, 1.54) is 14.2 Å². The maximum atomic E-state index is 15.0. The van der Waals surface area contributed by atoms with Crippen LogP contribution in [0.2, 0.25) is 0 Å². The van der Waals surface area contributed by atoms with E-state index >= 15 is 4.79 Å². The third kappa shape index (κ3) is 5.14. The highest BCUT2D eigenvalue weighted by molar-refractivity contribution is 6.19. The molecule has 0 radical (unpaired) electrons. The van der Waals surface area contributed by atoms with Gasteiger partial charge in [0.05, 0.1) is 32.0 Å². The lowest BCUT2D eigenvalue weighted by molar-refractivity contribution is -0.171. The van der Waals surface area contributed by atoms with E-state index in [1.807, 2.05) is 59.8 Å². The second kappa shape index (κ2) is 12.1. The molecule has 0 aromatic heterocycles. The van der Waals surface area contributed by atoms with Crippen molar-refractivity contribution in [3.8, 4) is 17.2 Å². The molecule has 1 spiro atoms. The summed E-state index contributed by atoms with van der Waals surface area (Å²) in [4.78, 5) is 42.0. The summed E-state index contributed by atoms with van der Waals surface area (Å²) < 4.78 is 32.0. The number of carbonyl (C=O) groups excluding carboxylic acids is 3. The molecule has 2 fully saturated rings. The highest BCUT2D eigenvalue weighted by Gasteiger charge is 2.81. The molecule has 1 aromatic rings. The van der Waals surface area contributed by atoms with Gasteiger partial charge in [-0.1, -0.05) is 35.5 Å². The summed E-state index contributed by atoms with van der Waals surface area (Å²) in [6.07, 6.45) is 13.7. The monoisotopic (exact) mass is 672 g/mol. The number of ketones is 2. The third-order valence-corrected chi connectivity index (χ3v) is 11.0. The highest BCUT2D eigenvalue weighted by atomic mass is 16.6. The zero-order valence-corrected chi connectivity index (χ0v) is 30.1. The Hall–Kier alpha value is -3.95. The van der Waals surface area contributed by atoms with Crippen molar-refractivity contribution < 1.29 is 43.2 Å². The van der Waals surface area contributed by atoms with Gasteiger partial charge in [-0.15, -0.1) is 0 Å². The molecule has 262 valence electrons. The number of ether oxygens (including phenoxy) is 5. The summed E-state index contributed by atoms with van der Waals surface area (Å²) in [6.45, 7) is 13.5. The molecule has 3 heterocycles. The molecule has 3 aliphatic carbocycles. The molecule has 1 saturated heterocycles. The van der Waals surface area contributed by atoms with Gasteiger partial charge >= 0.3 is 5.97 Å². The van der Waals surface area contributed by atoms with Crippen LogP contribution >= 0.6 is 0 Å². The van der Waals surface area contributed by atoms with E-state index < -0.39 is 34.3 Å². The summed E-state index contributed by atoms with van der Waals surface area (Å²) in [5, 5.41) is 9.50. The van der Waals surface area contributed by atoms with Crippen LogP contribution in [0.3, 0.4) is 0 Å². The number of hydrogen-bond donors (Lipinski definition) is 1. The lowest BCUT2D eigenvalue weighted by Gasteiger charge is -2.56. The van der Waals surface area contributed by atoms with E-state index in [2.05, 4.69) is 6.08 Å². The standard InChI is InChI=1S/C40H48O9/c1-22(2)12-13-26-32-27(15-17-38(7,47-32)16-10-11-23(3)21-41)33(45-8)30-31(42)28-19-25-20-29-37(5,6)49-39(35(25)43,40(28,29)48-34(26)30)18-14-24(4)36(44)46-9/h11-12,14-15,17,19,25,29,41H,10,13,16,18,20-21H2,1-9H3/b23-11+,24-14-/t25-,29-,38+,39-,40+/m0/s1. The van der Waals surface area contributed by atoms with E-state index in [1.54, 1.807) is 19.1 Å². The van der Waals surface area contributed by atoms with Gasteiger partial charge in [0.1, 0.15) is 28.4 Å². The Balaban J connectivity index is 1.58. The minimum Gasteiger partial charge on any atom is -0.495 e. The number of carbonyl (C=O) groups is 3. The quantitative estimate of drug-likeness (QED) is 0.167. The number of aliphatic hydroxyl groups is 1. The lowest BCUT2D eigenvalue weighted by Crippen LogP contribution is -2.72. The number of aliphatic hydroxyl groups excluding tert-OH is 1. The zero-order valence-electron chi connectivity index (χ0n) is 30.1. The van der Waals surface area contributed by atoms with Crippen LogP contribution in [-0.2, 0) is 25.5 Å². The Morgan fingerprint density at radius 3 is 2.43 bits per heavy atom. The molecule has 1 saturated carbocycles. The topological polar surface area (TPSA) is 118 Å². The zero-order chi connectivity index (χ0) is 35.7. The van der Waals surface area contributed by atoms with Gasteiger partial charge in [-0.2, -0.15) is 0 Å². The molecule has 9 heteroatoms. The van der Waals surface area contributed by atoms with Gasteiger partial charge in [0.2, 0.25) is 0 Å². The van der Waals surface area contributed by atoms with Crippen LogP contribution < -0.4 is 14.2 Å². The summed E-state index contributed by atoms with van der Waals surface area (Å²) in [7, 11) is 2.85. The maximum Gasteiger partial charge on any atom is 0.333 e. The number of fused-ring (bicyclic) bond motifs is 2. The number of rotatable bonds is 10. The molecule has 1 aromatic carbocycles. The number of benzene rings is 1. The fourth-order valence-electron chi connectivity index (χ4n) is 8.55. The first-order valence-corrected chi connectivity index (χ1v) is 17.1. The van der Waals surface area contributed by atoms with Crippen LogP contribution in [0, 0.1) is 11.8 Å². The van der Waals surface area contributed by atoms with Crippen LogP contribution in [0.4, 0.5) is 0 Å². The van der Waals surface area contributed by atoms with Crippen molar-refractivity contribution in [2.75, 3.05) is 20.8 Å². The molecule has 7 rings (SSSR count). The normalized spacial score (nSPS) is 30.4. The van der Waals surface area contributed by atoms with E-state index in [0.29, 0.717) is 70.8 Å². The van der Waals surface area contributed by atoms with Crippen LogP contribution in [-0.4, -0.2) is 65.9 Å². The van der Waals surface area contributed by atoms with E-state index in [0.717, 1.165) is 11.1 Å². The van der Waals surface area contributed by atoms with Gasteiger partial charge < -0.3 is 28.8 Å². The first-order chi connectivity index (χ1) is 23.1. The van der Waals surface area contributed by atoms with Crippen LogP contribution in [0.5, 0.6) is 17.2 Å². The third-order valence-electron chi connectivity index (χ3n) is 11.0. The van der Waals surface area contributed by atoms with E-state index in [9.17, 15) is 14.7 Å². The second-order valence-corrected chi connectivity index (χ2v) is 15.1. The molecule has 49 heavy (non-hydrogen) atoms. The van der Waals surface area contributed by atoms with Crippen LogP contribution in [0.15, 0.2) is 52.7 Å². The van der Waals surface area contributed by atoms with Crippen molar-refractivity contribution in [2.24, 2.45) is 11.8 Å². The largest absolute Gasteiger partial charge is 0.495 e. The average Bonchev–Trinajstić information content (AvgIpc) is 3.22. The second-order valence-electron chi connectivity index (χ2n) is 15.1. The molecular weight excluding hydrogens is 624 g/mol. The van der Waals surface area contributed by atoms with Gasteiger partial charge in [-0.25, -0.2) is 4.79 Å². The van der Waals surface area contributed by atoms with Gasteiger partial charge in [0.15, 0.2) is 22.8 Å². The molecule has 3 aliphatic heterocycles. The van der Waals surface area contributed by atoms with Crippen LogP contribution in [0.25, 0.3) is 6.08 Å². The lowest BCUT2D eigenvalue weighted by atomic mass is 9.51. The summed E-state index contributed by atoms with van der Waals surface area (Å²) in [5.74, 6) is -0.532. The molecular formula is C40H48O9. The fourth-order valence-corrected chi connectivity index (χ4v) is 8.55. The van der Waals surface area contributed by atoms with Gasteiger partial charge in [0.25, 0.3) is 0 Å². The number of allylic oxidation sites excluding steroid dienone is 4. The number of esters is 1. The van der Waals surface area contributed by atoms with Crippen molar-refractivity contribution >= 4 is 23.6 Å². The summed E-state index contributed by atoms with van der Waals surface area (Å²) in [6, 6.07) is 0.